The van der Waals surface area contributed by atoms with Gasteiger partial charge in [-0.25, -0.2) is 0 Å². The summed E-state index contributed by atoms with van der Waals surface area (Å²) in [6.45, 7) is 3.13. The second kappa shape index (κ2) is 6.77. The summed E-state index contributed by atoms with van der Waals surface area (Å²) >= 11 is 1.93. The normalized spacial score (nSPS) is 22.2. The molecular formula is C12H26N2S. The summed E-state index contributed by atoms with van der Waals surface area (Å²) in [7, 11) is 2.25. The van der Waals surface area contributed by atoms with Crippen LogP contribution in [0.5, 0.6) is 0 Å². The van der Waals surface area contributed by atoms with Gasteiger partial charge < -0.3 is 5.73 Å². The Kier molecular flexibility index (Phi) is 6.02. The first kappa shape index (κ1) is 13.3. The molecule has 2 unspecified atom stereocenters. The third kappa shape index (κ3) is 3.65. The Balaban J connectivity index is 2.48. The summed E-state index contributed by atoms with van der Waals surface area (Å²) < 4.78 is 0. The summed E-state index contributed by atoms with van der Waals surface area (Å²) in [5.41, 5.74) is 5.94. The second-order valence-electron chi connectivity index (χ2n) is 4.82. The van der Waals surface area contributed by atoms with E-state index in [4.69, 9.17) is 5.73 Å². The summed E-state index contributed by atoms with van der Waals surface area (Å²) in [5, 5.41) is 0. The van der Waals surface area contributed by atoms with Crippen molar-refractivity contribution >= 4 is 11.8 Å². The summed E-state index contributed by atoms with van der Waals surface area (Å²) in [6, 6.07) is 1.25. The largest absolute Gasteiger partial charge is 0.329 e. The van der Waals surface area contributed by atoms with E-state index in [2.05, 4.69) is 25.1 Å². The quantitative estimate of drug-likeness (QED) is 0.758. The van der Waals surface area contributed by atoms with Crippen LogP contribution in [0.15, 0.2) is 0 Å². The summed E-state index contributed by atoms with van der Waals surface area (Å²) in [6.07, 6.45) is 7.77. The van der Waals surface area contributed by atoms with Crippen LogP contribution in [0, 0.1) is 5.92 Å². The van der Waals surface area contributed by atoms with Crippen molar-refractivity contribution in [3.63, 3.8) is 0 Å². The first-order valence-corrected chi connectivity index (χ1v) is 7.51. The topological polar surface area (TPSA) is 29.3 Å². The molecule has 0 aliphatic heterocycles. The molecule has 2 atom stereocenters. The number of rotatable bonds is 6. The summed E-state index contributed by atoms with van der Waals surface area (Å²) in [5.74, 6) is 2.06. The number of nitrogens with two attached hydrogens (primary N) is 1. The average Bonchev–Trinajstić information content (AvgIpc) is 2.72. The molecule has 0 bridgehead atoms. The van der Waals surface area contributed by atoms with Crippen LogP contribution in [-0.4, -0.2) is 42.6 Å². The van der Waals surface area contributed by atoms with Gasteiger partial charge in [0.05, 0.1) is 0 Å². The maximum atomic E-state index is 5.94. The van der Waals surface area contributed by atoms with Crippen molar-refractivity contribution in [2.24, 2.45) is 11.7 Å². The van der Waals surface area contributed by atoms with Crippen LogP contribution in [0.1, 0.15) is 32.6 Å². The Morgan fingerprint density at radius 3 is 2.47 bits per heavy atom. The van der Waals surface area contributed by atoms with Crippen molar-refractivity contribution in [3.05, 3.63) is 0 Å². The van der Waals surface area contributed by atoms with Gasteiger partial charge in [0, 0.05) is 24.4 Å². The maximum Gasteiger partial charge on any atom is 0.0246 e. The third-order valence-corrected chi connectivity index (χ3v) is 4.63. The highest BCUT2D eigenvalue weighted by atomic mass is 32.2. The van der Waals surface area contributed by atoms with Crippen molar-refractivity contribution in [2.45, 2.75) is 44.7 Å². The molecule has 1 rings (SSSR count). The molecule has 0 saturated heterocycles. The average molecular weight is 230 g/mol. The van der Waals surface area contributed by atoms with Gasteiger partial charge in [-0.3, -0.25) is 4.90 Å². The molecule has 0 spiro atoms. The molecule has 2 nitrogen and oxygen atoms in total. The van der Waals surface area contributed by atoms with Crippen LogP contribution >= 0.6 is 11.8 Å². The van der Waals surface area contributed by atoms with Gasteiger partial charge in [0.2, 0.25) is 0 Å². The summed E-state index contributed by atoms with van der Waals surface area (Å²) in [4.78, 5) is 2.51. The minimum Gasteiger partial charge on any atom is -0.329 e. The van der Waals surface area contributed by atoms with E-state index >= 15 is 0 Å². The lowest BCUT2D eigenvalue weighted by molar-refractivity contribution is 0.148. The molecule has 0 aromatic rings. The number of nitrogens with zero attached hydrogens (tertiary/aromatic N) is 1. The van der Waals surface area contributed by atoms with Crippen LogP contribution in [-0.2, 0) is 0 Å². The first-order valence-electron chi connectivity index (χ1n) is 6.11. The van der Waals surface area contributed by atoms with E-state index in [1.807, 2.05) is 11.8 Å². The van der Waals surface area contributed by atoms with E-state index in [1.165, 1.54) is 31.4 Å². The Morgan fingerprint density at radius 2 is 2.00 bits per heavy atom. The first-order chi connectivity index (χ1) is 7.20. The fraction of sp³-hybridized carbons (Fsp3) is 1.00. The van der Waals surface area contributed by atoms with Crippen molar-refractivity contribution in [1.29, 1.82) is 0 Å². The molecule has 15 heavy (non-hydrogen) atoms. The van der Waals surface area contributed by atoms with E-state index in [9.17, 15) is 0 Å². The van der Waals surface area contributed by atoms with E-state index in [0.29, 0.717) is 12.1 Å². The Hall–Kier alpha value is 0.270. The molecule has 1 aliphatic carbocycles. The lowest BCUT2D eigenvalue weighted by Crippen LogP contribution is -2.47. The van der Waals surface area contributed by atoms with Gasteiger partial charge >= 0.3 is 0 Å². The number of hydrogen-bond donors (Lipinski definition) is 1. The Bertz CT molecular complexity index is 169. The van der Waals surface area contributed by atoms with Crippen molar-refractivity contribution in [3.8, 4) is 0 Å². The van der Waals surface area contributed by atoms with E-state index < -0.39 is 0 Å². The third-order valence-electron chi connectivity index (χ3n) is 3.81. The molecule has 0 radical (unpaired) electrons. The number of hydrogen-bond acceptors (Lipinski definition) is 3. The molecule has 1 saturated carbocycles. The molecule has 1 aliphatic rings. The second-order valence-corrected chi connectivity index (χ2v) is 5.73. The van der Waals surface area contributed by atoms with Crippen molar-refractivity contribution < 1.29 is 0 Å². The Labute approximate surface area is 99.0 Å². The van der Waals surface area contributed by atoms with E-state index in [0.717, 1.165) is 12.5 Å². The number of likely N-dealkylation sites (N-methyl/N-ethyl adjacent to an activating group) is 1. The van der Waals surface area contributed by atoms with Gasteiger partial charge in [0.15, 0.2) is 0 Å². The van der Waals surface area contributed by atoms with Gasteiger partial charge in [-0.15, -0.1) is 0 Å². The fourth-order valence-electron chi connectivity index (χ4n) is 2.72. The predicted octanol–water partition coefficient (Wildman–Crippen LogP) is 2.19. The molecule has 0 aromatic carbocycles. The highest BCUT2D eigenvalue weighted by Crippen LogP contribution is 2.30. The molecule has 2 N–H and O–H groups in total. The van der Waals surface area contributed by atoms with Crippen LogP contribution in [0.3, 0.4) is 0 Å². The molecule has 0 amide bonds. The van der Waals surface area contributed by atoms with Gasteiger partial charge in [0.25, 0.3) is 0 Å². The van der Waals surface area contributed by atoms with E-state index in [-0.39, 0.29) is 0 Å². The van der Waals surface area contributed by atoms with Crippen LogP contribution in [0.25, 0.3) is 0 Å². The predicted molar refractivity (Wildman–Crippen MR) is 70.4 cm³/mol. The standard InChI is InChI=1S/C12H26N2S/c1-10(9-15-3)14(2)12(8-13)11-6-4-5-7-11/h10-12H,4-9,13H2,1-3H3. The fourth-order valence-corrected chi connectivity index (χ4v) is 3.44. The maximum absolute atomic E-state index is 5.94. The van der Waals surface area contributed by atoms with Crippen LogP contribution in [0.2, 0.25) is 0 Å². The zero-order valence-electron chi connectivity index (χ0n) is 10.4. The molecule has 0 aromatic heterocycles. The lowest BCUT2D eigenvalue weighted by atomic mass is 9.96. The van der Waals surface area contributed by atoms with Crippen LogP contribution < -0.4 is 5.73 Å². The van der Waals surface area contributed by atoms with Crippen molar-refractivity contribution in [2.75, 3.05) is 25.6 Å². The Morgan fingerprint density at radius 1 is 1.40 bits per heavy atom. The van der Waals surface area contributed by atoms with Gasteiger partial charge in [-0.05, 0) is 39.0 Å². The number of thioether (sulfide) groups is 1. The van der Waals surface area contributed by atoms with Gasteiger partial charge in [-0.1, -0.05) is 12.8 Å². The minimum atomic E-state index is 0.606. The SMILES string of the molecule is CSCC(C)N(C)C(CN)C1CCCC1. The van der Waals surface area contributed by atoms with Gasteiger partial charge in [0.1, 0.15) is 0 Å². The zero-order chi connectivity index (χ0) is 11.3. The molecule has 0 heterocycles. The van der Waals surface area contributed by atoms with E-state index in [1.54, 1.807) is 0 Å². The monoisotopic (exact) mass is 230 g/mol. The molecular weight excluding hydrogens is 204 g/mol. The zero-order valence-corrected chi connectivity index (χ0v) is 11.2. The molecule has 3 heteroatoms. The highest BCUT2D eigenvalue weighted by Gasteiger charge is 2.28. The smallest absolute Gasteiger partial charge is 0.0246 e. The lowest BCUT2D eigenvalue weighted by Gasteiger charge is -2.36. The highest BCUT2D eigenvalue weighted by molar-refractivity contribution is 7.98. The van der Waals surface area contributed by atoms with Crippen molar-refractivity contribution in [1.82, 2.24) is 4.90 Å². The van der Waals surface area contributed by atoms with Crippen LogP contribution in [0.4, 0.5) is 0 Å². The molecule has 1 fully saturated rings. The minimum absolute atomic E-state index is 0.606. The van der Waals surface area contributed by atoms with Gasteiger partial charge in [-0.2, -0.15) is 11.8 Å². The molecule has 90 valence electrons.